The van der Waals surface area contributed by atoms with Crippen LogP contribution in [0.1, 0.15) is 26.4 Å². The Morgan fingerprint density at radius 2 is 1.70 bits per heavy atom. The van der Waals surface area contributed by atoms with E-state index < -0.39 is 27.5 Å². The highest BCUT2D eigenvalue weighted by atomic mass is 35.5. The van der Waals surface area contributed by atoms with E-state index in [2.05, 4.69) is 0 Å². The van der Waals surface area contributed by atoms with E-state index in [9.17, 15) is 23.1 Å². The number of benzene rings is 3. The highest BCUT2D eigenvalue weighted by molar-refractivity contribution is 7.97. The summed E-state index contributed by atoms with van der Waals surface area (Å²) in [5, 5.41) is 0.705. The summed E-state index contributed by atoms with van der Waals surface area (Å²) >= 11 is 6.25. The molecule has 0 spiro atoms. The number of carbonyl (C=O) groups excluding carboxylic acids is 2. The molecule has 10 heteroatoms. The molecule has 4 rings (SSSR count). The normalized spacial score (nSPS) is 12.7. The Balaban J connectivity index is 1.88. The van der Waals surface area contributed by atoms with Crippen LogP contribution in [0.4, 0.5) is 0 Å². The van der Waals surface area contributed by atoms with Crippen molar-refractivity contribution in [3.8, 4) is 5.69 Å². The Hall–Kier alpha value is -3.79. The Morgan fingerprint density at radius 1 is 1.05 bits per heavy atom. The predicted molar refractivity (Wildman–Crippen MR) is 143 cm³/mol. The van der Waals surface area contributed by atoms with Crippen LogP contribution < -0.4 is 5.43 Å². The summed E-state index contributed by atoms with van der Waals surface area (Å²) in [5.41, 5.74) is 0.905. The summed E-state index contributed by atoms with van der Waals surface area (Å²) in [6, 6.07) is 19.5. The summed E-state index contributed by atoms with van der Waals surface area (Å²) in [4.78, 5) is 41.4. The lowest BCUT2D eigenvalue weighted by Crippen LogP contribution is -2.32. The number of carbonyl (C=O) groups is 2. The number of pyridine rings is 1. The van der Waals surface area contributed by atoms with E-state index in [1.54, 1.807) is 47.0 Å². The average Bonchev–Trinajstić information content (AvgIpc) is 2.89. The van der Waals surface area contributed by atoms with Crippen molar-refractivity contribution in [3.05, 3.63) is 105 Å². The van der Waals surface area contributed by atoms with Gasteiger partial charge in [-0.05, 0) is 54.6 Å². The third kappa shape index (κ3) is 5.20. The first-order valence-corrected chi connectivity index (χ1v) is 13.4. The van der Waals surface area contributed by atoms with Gasteiger partial charge in [-0.3, -0.25) is 9.59 Å². The molecule has 3 aromatic carbocycles. The first kappa shape index (κ1) is 26.3. The van der Waals surface area contributed by atoms with Crippen molar-refractivity contribution >= 4 is 44.6 Å². The fourth-order valence-electron chi connectivity index (χ4n) is 4.09. The molecule has 1 N–H and O–H groups in total. The third-order valence-corrected chi connectivity index (χ3v) is 7.28. The molecular formula is C27H24ClN2O6S+. The maximum atomic E-state index is 13.7. The number of hydrogen-bond acceptors (Lipinski definition) is 5. The van der Waals surface area contributed by atoms with Crippen LogP contribution in [0.15, 0.2) is 82.5 Å². The molecule has 1 aromatic heterocycles. The summed E-state index contributed by atoms with van der Waals surface area (Å²) in [6.45, 7) is -0.195. The topological polar surface area (TPSA) is 106 Å². The number of amides is 1. The average molecular weight is 540 g/mol. The minimum atomic E-state index is -3.17. The van der Waals surface area contributed by atoms with Gasteiger partial charge in [0.2, 0.25) is 10.2 Å². The van der Waals surface area contributed by atoms with E-state index in [1.165, 1.54) is 49.6 Å². The lowest BCUT2D eigenvalue weighted by atomic mass is 10.0. The quantitative estimate of drug-likeness (QED) is 0.282. The first-order chi connectivity index (χ1) is 17.5. The van der Waals surface area contributed by atoms with Crippen LogP contribution >= 0.6 is 11.6 Å². The second-order valence-corrected chi connectivity index (χ2v) is 11.0. The van der Waals surface area contributed by atoms with Gasteiger partial charge in [0.05, 0.1) is 24.7 Å². The molecular weight excluding hydrogens is 516 g/mol. The predicted octanol–water partition coefficient (Wildman–Crippen LogP) is 4.66. The number of rotatable bonds is 6. The zero-order chi connectivity index (χ0) is 26.9. The number of para-hydroxylation sites is 1. The van der Waals surface area contributed by atoms with Crippen LogP contribution in [-0.4, -0.2) is 46.3 Å². The van der Waals surface area contributed by atoms with Gasteiger partial charge < -0.3 is 14.2 Å². The van der Waals surface area contributed by atoms with Crippen LogP contribution in [0.2, 0.25) is 5.02 Å². The molecule has 8 nitrogen and oxygen atoms in total. The van der Waals surface area contributed by atoms with Crippen LogP contribution in [0.25, 0.3) is 16.6 Å². The molecule has 0 saturated carbocycles. The molecule has 0 aliphatic carbocycles. The lowest BCUT2D eigenvalue weighted by Gasteiger charge is -2.23. The highest BCUT2D eigenvalue weighted by Gasteiger charge is 2.27. The largest absolute Gasteiger partial charge is 0.464 e. The number of nitrogens with zero attached hydrogens (tertiary/aromatic N) is 2. The molecule has 0 radical (unpaired) electrons. The molecule has 0 saturated heterocycles. The summed E-state index contributed by atoms with van der Waals surface area (Å²) in [6.07, 6.45) is 1.19. The van der Waals surface area contributed by atoms with Crippen LogP contribution in [0.3, 0.4) is 0 Å². The van der Waals surface area contributed by atoms with Crippen molar-refractivity contribution in [3.63, 3.8) is 0 Å². The maximum absolute atomic E-state index is 13.7. The molecule has 37 heavy (non-hydrogen) atoms. The van der Waals surface area contributed by atoms with Crippen molar-refractivity contribution in [2.75, 3.05) is 20.4 Å². The van der Waals surface area contributed by atoms with Crippen LogP contribution in [-0.2, 0) is 25.7 Å². The van der Waals surface area contributed by atoms with Gasteiger partial charge in [0.15, 0.2) is 10.3 Å². The van der Waals surface area contributed by atoms with Crippen molar-refractivity contribution in [1.29, 1.82) is 0 Å². The minimum absolute atomic E-state index is 0.0190. The minimum Gasteiger partial charge on any atom is -0.464 e. The number of hydrogen-bond donors (Lipinski definition) is 1. The zero-order valence-corrected chi connectivity index (χ0v) is 21.9. The van der Waals surface area contributed by atoms with E-state index in [0.717, 1.165) is 0 Å². The van der Waals surface area contributed by atoms with Gasteiger partial charge in [-0.25, -0.2) is 4.79 Å². The Bertz CT molecular complexity index is 1610. The third-order valence-electron chi connectivity index (χ3n) is 5.90. The number of ether oxygens (including phenoxy) is 1. The SMILES string of the molecule is COC(=O)c1c(CN(C)C(=O)c2ccc([S+](C)(=O)O)cc2)c(=O)c2ccc(Cl)cc2n1-c1ccccc1. The molecule has 1 atom stereocenters. The smallest absolute Gasteiger partial charge is 0.355 e. The first-order valence-electron chi connectivity index (χ1n) is 11.1. The maximum Gasteiger partial charge on any atom is 0.355 e. The Kier molecular flexibility index (Phi) is 7.31. The Labute approximate surface area is 219 Å². The van der Waals surface area contributed by atoms with Crippen molar-refractivity contribution < 1.29 is 23.1 Å². The van der Waals surface area contributed by atoms with E-state index in [0.29, 0.717) is 21.6 Å². The number of fused-ring (bicyclic) bond motifs is 1. The van der Waals surface area contributed by atoms with Gasteiger partial charge in [-0.2, -0.15) is 4.55 Å². The fourth-order valence-corrected chi connectivity index (χ4v) is 4.90. The zero-order valence-electron chi connectivity index (χ0n) is 20.3. The molecule has 1 heterocycles. The number of halogens is 1. The van der Waals surface area contributed by atoms with Gasteiger partial charge in [0, 0.05) is 28.7 Å². The van der Waals surface area contributed by atoms with Crippen molar-refractivity contribution in [1.82, 2.24) is 9.47 Å². The van der Waals surface area contributed by atoms with E-state index in [1.807, 2.05) is 6.07 Å². The highest BCUT2D eigenvalue weighted by Crippen LogP contribution is 2.26. The molecule has 0 aliphatic heterocycles. The number of esters is 1. The van der Waals surface area contributed by atoms with Crippen molar-refractivity contribution in [2.45, 2.75) is 11.4 Å². The standard InChI is InChI=1S/C27H23ClN2O6S/c1-29(26(32)17-9-12-20(13-10-17)37(3,34)35)16-22-24(27(33)36-2)30(19-7-5-4-6-8-19)23-15-18(28)11-14-21(23)25(22)31/h4-15H,16H2,1-3H3/p+1. The second-order valence-electron chi connectivity index (χ2n) is 8.47. The molecule has 190 valence electrons. The molecule has 1 amide bonds. The van der Waals surface area contributed by atoms with Crippen LogP contribution in [0, 0.1) is 0 Å². The van der Waals surface area contributed by atoms with E-state index >= 15 is 0 Å². The summed E-state index contributed by atoms with van der Waals surface area (Å²) < 4.78 is 28.3. The van der Waals surface area contributed by atoms with Gasteiger partial charge in [0.25, 0.3) is 5.91 Å². The molecule has 0 bridgehead atoms. The van der Waals surface area contributed by atoms with Gasteiger partial charge in [-0.1, -0.05) is 34.0 Å². The monoisotopic (exact) mass is 539 g/mol. The molecule has 0 aliphatic rings. The molecule has 1 unspecified atom stereocenters. The van der Waals surface area contributed by atoms with Crippen LogP contribution in [0.5, 0.6) is 0 Å². The van der Waals surface area contributed by atoms with Crippen molar-refractivity contribution in [2.24, 2.45) is 0 Å². The summed E-state index contributed by atoms with van der Waals surface area (Å²) in [5.74, 6) is -1.19. The van der Waals surface area contributed by atoms with Gasteiger partial charge in [0.1, 0.15) is 11.9 Å². The van der Waals surface area contributed by atoms with E-state index in [-0.39, 0.29) is 28.3 Å². The van der Waals surface area contributed by atoms with Gasteiger partial charge >= 0.3 is 5.97 Å². The lowest BCUT2D eigenvalue weighted by molar-refractivity contribution is 0.0585. The van der Waals surface area contributed by atoms with E-state index in [4.69, 9.17) is 16.3 Å². The molecule has 4 aromatic rings. The fraction of sp³-hybridized carbons (Fsp3) is 0.148. The molecule has 0 fully saturated rings. The number of aromatic nitrogens is 1. The Morgan fingerprint density at radius 3 is 2.30 bits per heavy atom. The number of methoxy groups -OCH3 is 1. The van der Waals surface area contributed by atoms with Gasteiger partial charge in [-0.15, -0.1) is 0 Å². The second kappa shape index (κ2) is 10.3. The summed E-state index contributed by atoms with van der Waals surface area (Å²) in [7, 11) is -0.448.